The molecule has 0 aliphatic rings. The molecule has 1 unspecified atom stereocenters. The smallest absolute Gasteiger partial charge is 0.223 e. The van der Waals surface area contributed by atoms with Crippen LogP contribution in [0.3, 0.4) is 0 Å². The van der Waals surface area contributed by atoms with Crippen LogP contribution in [0.4, 0.5) is 0 Å². The van der Waals surface area contributed by atoms with E-state index in [9.17, 15) is 0 Å². The molecule has 5 nitrogen and oxygen atoms in total. The minimum atomic E-state index is -0.248. The van der Waals surface area contributed by atoms with Crippen LogP contribution in [0.2, 0.25) is 0 Å². The molecule has 0 saturated heterocycles. The highest BCUT2D eigenvalue weighted by atomic mass is 16.5. The standard InChI is InChI=1S/C13H14N4O/c1-8-16-13(17-18-8)11(14)6-9-7-15-12-5-3-2-4-10(9)12/h2-5,7,11,15H,6,14H2,1H3. The maximum atomic E-state index is 6.09. The first-order valence-electron chi connectivity index (χ1n) is 5.85. The van der Waals surface area contributed by atoms with E-state index in [1.807, 2.05) is 24.4 Å². The summed E-state index contributed by atoms with van der Waals surface area (Å²) < 4.78 is 4.94. The van der Waals surface area contributed by atoms with E-state index < -0.39 is 0 Å². The highest BCUT2D eigenvalue weighted by Crippen LogP contribution is 2.22. The summed E-state index contributed by atoms with van der Waals surface area (Å²) in [6.07, 6.45) is 2.67. The fraction of sp³-hybridized carbons (Fsp3) is 0.231. The van der Waals surface area contributed by atoms with Gasteiger partial charge in [-0.3, -0.25) is 0 Å². The summed E-state index contributed by atoms with van der Waals surface area (Å²) in [6.45, 7) is 1.76. The van der Waals surface area contributed by atoms with Gasteiger partial charge in [-0.1, -0.05) is 23.4 Å². The molecule has 0 amide bonds. The number of aromatic amines is 1. The number of hydrogen-bond donors (Lipinski definition) is 2. The predicted molar refractivity (Wildman–Crippen MR) is 68.0 cm³/mol. The van der Waals surface area contributed by atoms with Crippen molar-refractivity contribution in [2.24, 2.45) is 5.73 Å². The fourth-order valence-electron chi connectivity index (χ4n) is 2.09. The first-order chi connectivity index (χ1) is 8.74. The Labute approximate surface area is 104 Å². The highest BCUT2D eigenvalue weighted by molar-refractivity contribution is 5.83. The van der Waals surface area contributed by atoms with Crippen LogP contribution in [0, 0.1) is 6.92 Å². The Morgan fingerprint density at radius 2 is 2.22 bits per heavy atom. The van der Waals surface area contributed by atoms with E-state index in [1.165, 1.54) is 10.9 Å². The topological polar surface area (TPSA) is 80.7 Å². The van der Waals surface area contributed by atoms with Crippen molar-refractivity contribution in [2.45, 2.75) is 19.4 Å². The average molecular weight is 242 g/mol. The molecule has 1 aromatic carbocycles. The lowest BCUT2D eigenvalue weighted by molar-refractivity contribution is 0.383. The third kappa shape index (κ3) is 1.89. The van der Waals surface area contributed by atoms with Crippen molar-refractivity contribution in [3.05, 3.63) is 47.7 Å². The highest BCUT2D eigenvalue weighted by Gasteiger charge is 2.15. The number of fused-ring (bicyclic) bond motifs is 1. The van der Waals surface area contributed by atoms with E-state index in [4.69, 9.17) is 10.3 Å². The van der Waals surface area contributed by atoms with Gasteiger partial charge in [0.25, 0.3) is 0 Å². The molecule has 3 rings (SSSR count). The maximum absolute atomic E-state index is 6.09. The lowest BCUT2D eigenvalue weighted by Crippen LogP contribution is -2.14. The SMILES string of the molecule is Cc1nc(C(N)Cc2c[nH]c3ccccc23)no1. The molecule has 92 valence electrons. The van der Waals surface area contributed by atoms with Gasteiger partial charge in [0, 0.05) is 24.0 Å². The van der Waals surface area contributed by atoms with Gasteiger partial charge in [0.15, 0.2) is 5.82 Å². The number of para-hydroxylation sites is 1. The van der Waals surface area contributed by atoms with Crippen LogP contribution < -0.4 is 5.73 Å². The molecule has 0 bridgehead atoms. The summed E-state index contributed by atoms with van der Waals surface area (Å²) in [5.74, 6) is 1.09. The van der Waals surface area contributed by atoms with Crippen LogP contribution in [0.1, 0.15) is 23.3 Å². The van der Waals surface area contributed by atoms with Gasteiger partial charge in [0.05, 0.1) is 6.04 Å². The number of rotatable bonds is 3. The molecule has 2 heterocycles. The van der Waals surface area contributed by atoms with Crippen LogP contribution in [0.5, 0.6) is 0 Å². The fourth-order valence-corrected chi connectivity index (χ4v) is 2.09. The van der Waals surface area contributed by atoms with Crippen LogP contribution in [-0.4, -0.2) is 15.1 Å². The number of aryl methyl sites for hydroxylation is 1. The molecule has 2 aromatic heterocycles. The number of nitrogens with two attached hydrogens (primary N) is 1. The summed E-state index contributed by atoms with van der Waals surface area (Å²) in [7, 11) is 0. The van der Waals surface area contributed by atoms with Gasteiger partial charge in [-0.05, 0) is 18.1 Å². The van der Waals surface area contributed by atoms with Gasteiger partial charge < -0.3 is 15.2 Å². The maximum Gasteiger partial charge on any atom is 0.223 e. The van der Waals surface area contributed by atoms with Gasteiger partial charge in [-0.25, -0.2) is 0 Å². The summed E-state index contributed by atoms with van der Waals surface area (Å²) in [6, 6.07) is 7.90. The zero-order chi connectivity index (χ0) is 12.5. The minimum absolute atomic E-state index is 0.248. The molecule has 0 radical (unpaired) electrons. The predicted octanol–water partition coefficient (Wildman–Crippen LogP) is 2.10. The number of aromatic nitrogens is 3. The zero-order valence-corrected chi connectivity index (χ0v) is 10.1. The van der Waals surface area contributed by atoms with Crippen LogP contribution in [0.25, 0.3) is 10.9 Å². The molecular weight excluding hydrogens is 228 g/mol. The van der Waals surface area contributed by atoms with Crippen molar-refractivity contribution in [3.8, 4) is 0 Å². The molecule has 0 aliphatic heterocycles. The number of H-pyrrole nitrogens is 1. The molecule has 0 aliphatic carbocycles. The Morgan fingerprint density at radius 3 is 3.00 bits per heavy atom. The number of nitrogens with one attached hydrogen (secondary N) is 1. The first kappa shape index (κ1) is 11.0. The number of nitrogens with zero attached hydrogens (tertiary/aromatic N) is 2. The summed E-state index contributed by atoms with van der Waals surface area (Å²) in [5, 5.41) is 5.04. The van der Waals surface area contributed by atoms with Gasteiger partial charge >= 0.3 is 0 Å². The summed E-state index contributed by atoms with van der Waals surface area (Å²) >= 11 is 0. The second-order valence-electron chi connectivity index (χ2n) is 4.34. The molecule has 3 N–H and O–H groups in total. The zero-order valence-electron chi connectivity index (χ0n) is 10.1. The van der Waals surface area contributed by atoms with Gasteiger partial charge in [-0.2, -0.15) is 4.98 Å². The van der Waals surface area contributed by atoms with E-state index in [-0.39, 0.29) is 6.04 Å². The quantitative estimate of drug-likeness (QED) is 0.737. The van der Waals surface area contributed by atoms with E-state index in [1.54, 1.807) is 6.92 Å². The molecule has 0 fully saturated rings. The second-order valence-corrected chi connectivity index (χ2v) is 4.34. The van der Waals surface area contributed by atoms with Crippen molar-refractivity contribution >= 4 is 10.9 Å². The first-order valence-corrected chi connectivity index (χ1v) is 5.85. The molecule has 5 heteroatoms. The molecule has 0 saturated carbocycles. The third-order valence-electron chi connectivity index (χ3n) is 2.99. The van der Waals surface area contributed by atoms with Gasteiger partial charge in [0.2, 0.25) is 5.89 Å². The lowest BCUT2D eigenvalue weighted by Gasteiger charge is -2.05. The van der Waals surface area contributed by atoms with Gasteiger partial charge in [0.1, 0.15) is 0 Å². The second kappa shape index (κ2) is 4.27. The third-order valence-corrected chi connectivity index (χ3v) is 2.99. The Morgan fingerprint density at radius 1 is 1.39 bits per heavy atom. The Balaban J connectivity index is 1.88. The van der Waals surface area contributed by atoms with E-state index in [0.29, 0.717) is 18.1 Å². The lowest BCUT2D eigenvalue weighted by atomic mass is 10.1. The van der Waals surface area contributed by atoms with E-state index in [0.717, 1.165) is 5.52 Å². The van der Waals surface area contributed by atoms with Crippen molar-refractivity contribution in [1.82, 2.24) is 15.1 Å². The van der Waals surface area contributed by atoms with Crippen LogP contribution >= 0.6 is 0 Å². The molecular formula is C13H14N4O. The Kier molecular flexibility index (Phi) is 2.60. The Hall–Kier alpha value is -2.14. The summed E-state index contributed by atoms with van der Waals surface area (Å²) in [5.41, 5.74) is 8.37. The normalized spacial score (nSPS) is 13.0. The number of benzene rings is 1. The molecule has 1 atom stereocenters. The van der Waals surface area contributed by atoms with E-state index >= 15 is 0 Å². The Bertz CT molecular complexity index is 670. The van der Waals surface area contributed by atoms with Crippen molar-refractivity contribution < 1.29 is 4.52 Å². The molecule has 3 aromatic rings. The van der Waals surface area contributed by atoms with Crippen LogP contribution in [0.15, 0.2) is 35.0 Å². The monoisotopic (exact) mass is 242 g/mol. The van der Waals surface area contributed by atoms with Crippen molar-refractivity contribution in [1.29, 1.82) is 0 Å². The van der Waals surface area contributed by atoms with Crippen molar-refractivity contribution in [3.63, 3.8) is 0 Å². The number of hydrogen-bond acceptors (Lipinski definition) is 4. The van der Waals surface area contributed by atoms with Crippen LogP contribution in [-0.2, 0) is 6.42 Å². The molecule has 0 spiro atoms. The minimum Gasteiger partial charge on any atom is -0.361 e. The van der Waals surface area contributed by atoms with E-state index in [2.05, 4.69) is 21.2 Å². The van der Waals surface area contributed by atoms with Gasteiger partial charge in [-0.15, -0.1) is 0 Å². The average Bonchev–Trinajstić information content (AvgIpc) is 2.97. The molecule has 18 heavy (non-hydrogen) atoms. The van der Waals surface area contributed by atoms with Crippen molar-refractivity contribution in [2.75, 3.05) is 0 Å². The largest absolute Gasteiger partial charge is 0.361 e. The summed E-state index contributed by atoms with van der Waals surface area (Å²) in [4.78, 5) is 7.39.